The van der Waals surface area contributed by atoms with Crippen molar-refractivity contribution in [1.29, 1.82) is 0 Å². The van der Waals surface area contributed by atoms with E-state index in [1.807, 2.05) is 36.5 Å². The van der Waals surface area contributed by atoms with Crippen LogP contribution >= 0.6 is 0 Å². The van der Waals surface area contributed by atoms with Crippen molar-refractivity contribution in [1.82, 2.24) is 0 Å². The highest BCUT2D eigenvalue weighted by molar-refractivity contribution is 7.85. The maximum atomic E-state index is 12.7. The van der Waals surface area contributed by atoms with E-state index in [-0.39, 0.29) is 19.4 Å². The Labute approximate surface area is 299 Å². The van der Waals surface area contributed by atoms with E-state index >= 15 is 0 Å². The van der Waals surface area contributed by atoms with Gasteiger partial charge in [0.1, 0.15) is 36.8 Å². The van der Waals surface area contributed by atoms with Crippen LogP contribution in [0, 0.1) is 0 Å². The van der Waals surface area contributed by atoms with Crippen molar-refractivity contribution < 1.29 is 56.8 Å². The monoisotopic (exact) mass is 730 g/mol. The van der Waals surface area contributed by atoms with Gasteiger partial charge in [0.05, 0.1) is 6.61 Å². The van der Waals surface area contributed by atoms with E-state index in [4.69, 9.17) is 18.9 Å². The standard InChI is InChI=1S/C37H62O12S/c1-3-5-7-9-11-13-14-15-16-18-20-22-24-26-33(39)48-30(27-46-32(38)25-23-21-19-17-12-10-8-6-4-2)28-47-37-36(42)35(41)34(40)31(49-37)29-50(43,44)45/h5,7,9,11,13-16,30-31,34-37,40-42H,3-4,6,8,10,12,17-29H2,1-2H3,(H,43,44,45)/b7-5+,11-9+,14-13+,16-15+/t30?,31-,34-,35?,36?,37+/m1/s1. The summed E-state index contributed by atoms with van der Waals surface area (Å²) < 4.78 is 53.6. The zero-order valence-electron chi connectivity index (χ0n) is 30.0. The fourth-order valence-corrected chi connectivity index (χ4v) is 5.85. The van der Waals surface area contributed by atoms with Crippen LogP contribution in [-0.2, 0) is 38.7 Å². The highest BCUT2D eigenvalue weighted by Crippen LogP contribution is 2.24. The third-order valence-corrected chi connectivity index (χ3v) is 8.77. The van der Waals surface area contributed by atoms with E-state index in [0.717, 1.165) is 44.9 Å². The van der Waals surface area contributed by atoms with Gasteiger partial charge < -0.3 is 34.3 Å². The summed E-state index contributed by atoms with van der Waals surface area (Å²) >= 11 is 0. The molecule has 1 rings (SSSR count). The van der Waals surface area contributed by atoms with Crippen LogP contribution in [0.15, 0.2) is 48.6 Å². The zero-order chi connectivity index (χ0) is 37.0. The first-order valence-corrected chi connectivity index (χ1v) is 19.9. The van der Waals surface area contributed by atoms with Gasteiger partial charge in [-0.3, -0.25) is 14.1 Å². The van der Waals surface area contributed by atoms with E-state index in [2.05, 4.69) is 26.0 Å². The Balaban J connectivity index is 2.60. The summed E-state index contributed by atoms with van der Waals surface area (Å²) in [6.45, 7) is 3.51. The third kappa shape index (κ3) is 23.2. The fourth-order valence-electron chi connectivity index (χ4n) is 5.16. The molecule has 1 aliphatic rings. The lowest BCUT2D eigenvalue weighted by atomic mass is 10.00. The van der Waals surface area contributed by atoms with E-state index in [9.17, 15) is 37.9 Å². The van der Waals surface area contributed by atoms with E-state index < -0.39 is 71.2 Å². The molecule has 50 heavy (non-hydrogen) atoms. The predicted octanol–water partition coefficient (Wildman–Crippen LogP) is 5.66. The second-order valence-electron chi connectivity index (χ2n) is 12.6. The molecule has 3 unspecified atom stereocenters. The molecular weight excluding hydrogens is 668 g/mol. The van der Waals surface area contributed by atoms with Crippen LogP contribution in [0.4, 0.5) is 0 Å². The number of ether oxygens (including phenoxy) is 4. The van der Waals surface area contributed by atoms with E-state index in [0.29, 0.717) is 12.8 Å². The van der Waals surface area contributed by atoms with E-state index in [1.165, 1.54) is 32.1 Å². The van der Waals surface area contributed by atoms with Crippen LogP contribution in [0.5, 0.6) is 0 Å². The third-order valence-electron chi connectivity index (χ3n) is 8.02. The number of unbranched alkanes of at least 4 members (excludes halogenated alkanes) is 11. The van der Waals surface area contributed by atoms with Gasteiger partial charge in [-0.1, -0.05) is 120 Å². The van der Waals surface area contributed by atoms with Gasteiger partial charge in [-0.2, -0.15) is 8.42 Å². The quantitative estimate of drug-likeness (QED) is 0.0336. The Morgan fingerprint density at radius 1 is 0.700 bits per heavy atom. The minimum absolute atomic E-state index is 0.118. The number of hydrogen-bond acceptors (Lipinski definition) is 11. The maximum Gasteiger partial charge on any atom is 0.306 e. The van der Waals surface area contributed by atoms with Crippen LogP contribution in [0.3, 0.4) is 0 Å². The Hall–Kier alpha value is -2.39. The average molecular weight is 731 g/mol. The minimum atomic E-state index is -4.60. The number of aliphatic hydroxyl groups is 3. The number of rotatable bonds is 28. The van der Waals surface area contributed by atoms with Crippen LogP contribution in [0.2, 0.25) is 0 Å². The summed E-state index contributed by atoms with van der Waals surface area (Å²) in [6, 6.07) is 0. The molecule has 0 aromatic heterocycles. The van der Waals surface area contributed by atoms with Crippen molar-refractivity contribution in [3.05, 3.63) is 48.6 Å². The van der Waals surface area contributed by atoms with Crippen molar-refractivity contribution in [3.8, 4) is 0 Å². The molecule has 13 heteroatoms. The molecule has 1 aliphatic heterocycles. The molecular formula is C37H62O12S. The molecule has 0 amide bonds. The second-order valence-corrected chi connectivity index (χ2v) is 14.1. The van der Waals surface area contributed by atoms with Crippen molar-refractivity contribution in [2.24, 2.45) is 0 Å². The van der Waals surface area contributed by atoms with Crippen molar-refractivity contribution in [3.63, 3.8) is 0 Å². The number of carbonyl (C=O) groups is 2. The molecule has 12 nitrogen and oxygen atoms in total. The topological polar surface area (TPSA) is 186 Å². The highest BCUT2D eigenvalue weighted by atomic mass is 32.2. The molecule has 4 N–H and O–H groups in total. The summed E-state index contributed by atoms with van der Waals surface area (Å²) in [7, 11) is -4.60. The molecule has 0 aromatic carbocycles. The minimum Gasteiger partial charge on any atom is -0.462 e. The molecule has 1 heterocycles. The van der Waals surface area contributed by atoms with Gasteiger partial charge in [0.15, 0.2) is 12.4 Å². The molecule has 288 valence electrons. The highest BCUT2D eigenvalue weighted by Gasteiger charge is 2.46. The Morgan fingerprint density at radius 2 is 1.26 bits per heavy atom. The zero-order valence-corrected chi connectivity index (χ0v) is 30.8. The predicted molar refractivity (Wildman–Crippen MR) is 192 cm³/mol. The smallest absolute Gasteiger partial charge is 0.306 e. The van der Waals surface area contributed by atoms with Gasteiger partial charge in [-0.05, 0) is 32.1 Å². The Kier molecular flexibility index (Phi) is 25.8. The summed E-state index contributed by atoms with van der Waals surface area (Å²) in [5.41, 5.74) is 0. The molecule has 6 atom stereocenters. The summed E-state index contributed by atoms with van der Waals surface area (Å²) in [4.78, 5) is 25.1. The first-order chi connectivity index (χ1) is 24.0. The lowest BCUT2D eigenvalue weighted by Crippen LogP contribution is -2.60. The van der Waals surface area contributed by atoms with Crippen molar-refractivity contribution >= 4 is 22.1 Å². The summed E-state index contributed by atoms with van der Waals surface area (Å²) in [5, 5.41) is 30.7. The molecule has 1 fully saturated rings. The second kappa shape index (κ2) is 28.2. The first-order valence-electron chi connectivity index (χ1n) is 18.2. The average Bonchev–Trinajstić information content (AvgIpc) is 3.07. The van der Waals surface area contributed by atoms with Gasteiger partial charge >= 0.3 is 11.9 Å². The molecule has 0 saturated carbocycles. The SMILES string of the molecule is CC/C=C/C=C/C=C/C=C/CCCCCC(=O)OC(COC(=O)CCCCCCCCCCC)CO[C@H]1O[C@H](CS(=O)(=O)O)[C@@H](O)C(O)C1O. The van der Waals surface area contributed by atoms with Gasteiger partial charge in [-0.15, -0.1) is 0 Å². The molecule has 0 spiro atoms. The van der Waals surface area contributed by atoms with Crippen LogP contribution in [-0.4, -0.2) is 96.0 Å². The molecule has 0 aliphatic carbocycles. The first kappa shape index (κ1) is 45.6. The number of aliphatic hydroxyl groups excluding tert-OH is 3. The van der Waals surface area contributed by atoms with Gasteiger partial charge in [-0.25, -0.2) is 0 Å². The van der Waals surface area contributed by atoms with Crippen molar-refractivity contribution in [2.75, 3.05) is 19.0 Å². The van der Waals surface area contributed by atoms with Crippen LogP contribution in [0.1, 0.15) is 117 Å². The maximum absolute atomic E-state index is 12.7. The lowest BCUT2D eigenvalue weighted by molar-refractivity contribution is -0.297. The number of esters is 2. The molecule has 0 radical (unpaired) electrons. The number of carbonyl (C=O) groups excluding carboxylic acids is 2. The Morgan fingerprint density at radius 3 is 1.88 bits per heavy atom. The fraction of sp³-hybridized carbons (Fsp3) is 0.730. The van der Waals surface area contributed by atoms with Gasteiger partial charge in [0, 0.05) is 12.8 Å². The van der Waals surface area contributed by atoms with Gasteiger partial charge in [0.2, 0.25) is 0 Å². The van der Waals surface area contributed by atoms with Crippen molar-refractivity contribution in [2.45, 2.75) is 153 Å². The summed E-state index contributed by atoms with van der Waals surface area (Å²) in [5.74, 6) is -2.05. The molecule has 1 saturated heterocycles. The molecule has 0 bridgehead atoms. The largest absolute Gasteiger partial charge is 0.462 e. The summed E-state index contributed by atoms with van der Waals surface area (Å²) in [6.07, 6.45) is 20.5. The van der Waals surface area contributed by atoms with E-state index in [1.54, 1.807) is 0 Å². The normalized spacial score (nSPS) is 22.2. The molecule has 0 aromatic rings. The Bertz CT molecular complexity index is 1130. The van der Waals surface area contributed by atoms with Crippen LogP contribution in [0.25, 0.3) is 0 Å². The van der Waals surface area contributed by atoms with Crippen LogP contribution < -0.4 is 0 Å². The lowest BCUT2D eigenvalue weighted by Gasteiger charge is -2.40. The van der Waals surface area contributed by atoms with Gasteiger partial charge in [0.25, 0.3) is 10.1 Å². The number of allylic oxidation sites excluding steroid dienone is 8. The number of hydrogen-bond donors (Lipinski definition) is 4.